The number of allylic oxidation sites excluding steroid dienone is 1. The molecule has 5 heterocycles. The minimum atomic E-state index is -3.83. The third kappa shape index (κ3) is 6.34. The molecule has 2 aromatic carbocycles. The maximum atomic E-state index is 14.8. The topological polar surface area (TPSA) is 128 Å². The molecule has 0 radical (unpaired) electrons. The van der Waals surface area contributed by atoms with Crippen LogP contribution in [0.25, 0.3) is 33.8 Å². The van der Waals surface area contributed by atoms with E-state index < -0.39 is 21.2 Å². The van der Waals surface area contributed by atoms with Gasteiger partial charge >= 0.3 is 0 Å². The van der Waals surface area contributed by atoms with E-state index in [9.17, 15) is 18.0 Å². The molecule has 3 aliphatic heterocycles. The highest BCUT2D eigenvalue weighted by molar-refractivity contribution is 7.90. The molecule has 0 spiro atoms. The molecule has 5 aliphatic rings. The normalized spacial score (nSPS) is 22.1. The number of Topliss-reactive ketones (excluding diaryl/α,β-unsaturated/α-hetero) is 1. The van der Waals surface area contributed by atoms with E-state index in [0.29, 0.717) is 30.6 Å². The fourth-order valence-electron chi connectivity index (χ4n) is 9.82. The molecule has 2 aromatic heterocycles. The largest absolute Gasteiger partial charge is 0.497 e. The lowest BCUT2D eigenvalue weighted by Crippen LogP contribution is -2.57. The van der Waals surface area contributed by atoms with Crippen LogP contribution in [-0.4, -0.2) is 83.4 Å². The molecule has 9 rings (SSSR count). The Balaban J connectivity index is 1.25. The summed E-state index contributed by atoms with van der Waals surface area (Å²) in [5, 5.41) is 8.87. The van der Waals surface area contributed by atoms with Gasteiger partial charge in [-0.15, -0.1) is 0 Å². The summed E-state index contributed by atoms with van der Waals surface area (Å²) in [6.07, 6.45) is 15.1. The van der Waals surface area contributed by atoms with Crippen molar-refractivity contribution in [3.05, 3.63) is 70.5 Å². The van der Waals surface area contributed by atoms with Gasteiger partial charge in [0.05, 0.1) is 54.1 Å². The number of carbonyl (C=O) groups is 2. The van der Waals surface area contributed by atoms with Crippen molar-refractivity contribution in [3.8, 4) is 17.0 Å². The van der Waals surface area contributed by atoms with E-state index >= 15 is 0 Å². The number of hydrogen-bond donors (Lipinski definition) is 2. The summed E-state index contributed by atoms with van der Waals surface area (Å²) < 4.78 is 38.2. The first kappa shape index (κ1) is 36.4. The van der Waals surface area contributed by atoms with Crippen LogP contribution in [0.2, 0.25) is 0 Å². The van der Waals surface area contributed by atoms with Crippen LogP contribution in [0.3, 0.4) is 0 Å². The Kier molecular flexibility index (Phi) is 9.49. The summed E-state index contributed by atoms with van der Waals surface area (Å²) in [4.78, 5) is 30.9. The van der Waals surface area contributed by atoms with E-state index in [1.807, 2.05) is 24.4 Å². The maximum absolute atomic E-state index is 14.8. The van der Waals surface area contributed by atoms with Crippen LogP contribution in [0.5, 0.6) is 5.75 Å². The van der Waals surface area contributed by atoms with Crippen molar-refractivity contribution >= 4 is 44.3 Å². The van der Waals surface area contributed by atoms with E-state index in [2.05, 4.69) is 42.4 Å². The molecule has 0 bridgehead atoms. The number of sulfonamides is 1. The highest BCUT2D eigenvalue weighted by Crippen LogP contribution is 2.48. The summed E-state index contributed by atoms with van der Waals surface area (Å²) in [7, 11) is -2.15. The molecular formula is C43H52N6O5S. The number of piperazine rings is 1. The molecule has 1 unspecified atom stereocenters. The first-order valence-corrected chi connectivity index (χ1v) is 21.9. The molecule has 11 nitrogen and oxygen atoms in total. The van der Waals surface area contributed by atoms with Crippen LogP contribution < -0.4 is 14.8 Å². The number of ether oxygens (including phenoxy) is 1. The van der Waals surface area contributed by atoms with Gasteiger partial charge in [-0.3, -0.25) is 19.2 Å². The number of nitrogens with one attached hydrogen (secondary N) is 2. The molecule has 12 heteroatoms. The van der Waals surface area contributed by atoms with Crippen LogP contribution >= 0.6 is 0 Å². The number of ketones is 1. The van der Waals surface area contributed by atoms with E-state index in [1.165, 1.54) is 12.0 Å². The zero-order valence-corrected chi connectivity index (χ0v) is 33.0. The number of rotatable bonds is 9. The second-order valence-corrected chi connectivity index (χ2v) is 18.8. The zero-order valence-electron chi connectivity index (χ0n) is 32.1. The van der Waals surface area contributed by atoms with Gasteiger partial charge in [0, 0.05) is 41.2 Å². The molecule has 2 N–H and O–H groups in total. The van der Waals surface area contributed by atoms with Crippen molar-refractivity contribution in [2.45, 2.75) is 114 Å². The standard InChI is InChI=1S/C43H52N6O5S/c1-26(2)55(52,53)46-43(51)28-14-16-35-37(21-28)48-25-30(19-29-20-33(54-3)15-17-34(29)41(48)39(35)27-9-5-4-6-10-27)40-36(23-45-49(40)31-11-7-12-31)42(50)38-24-44-22-32-13-8-18-47(32)38/h14-17,19-21,23,26-27,31-32,38,44H,4-13,18,22,24-25H2,1-3H3,(H,46,51)/t32-,38?/m0/s1. The first-order chi connectivity index (χ1) is 26.6. The summed E-state index contributed by atoms with van der Waals surface area (Å²) in [6.45, 7) is 6.03. The summed E-state index contributed by atoms with van der Waals surface area (Å²) in [6, 6.07) is 12.2. The maximum Gasteiger partial charge on any atom is 0.264 e. The SMILES string of the molecule is COc1ccc2c(c1)C=C(c1c(C(=O)C3CNC[C@@H]4CCCN34)cnn1C1CCC1)Cn1c-2c(C2CCCCC2)c2ccc(C(=O)NS(=O)(=O)C(C)C)cc21. The average molecular weight is 765 g/mol. The van der Waals surface area contributed by atoms with Gasteiger partial charge < -0.3 is 14.6 Å². The van der Waals surface area contributed by atoms with Gasteiger partial charge in [-0.05, 0) is 124 Å². The summed E-state index contributed by atoms with van der Waals surface area (Å²) >= 11 is 0. The fraction of sp³-hybridized carbons (Fsp3) is 0.512. The minimum Gasteiger partial charge on any atom is -0.497 e. The summed E-state index contributed by atoms with van der Waals surface area (Å²) in [5.41, 5.74) is 8.13. The Hall–Kier alpha value is -4.26. The fourth-order valence-corrected chi connectivity index (χ4v) is 10.4. The van der Waals surface area contributed by atoms with E-state index in [0.717, 1.165) is 116 Å². The number of methoxy groups -OCH3 is 1. The number of fused-ring (bicyclic) bond motifs is 6. The van der Waals surface area contributed by atoms with Crippen molar-refractivity contribution in [2.24, 2.45) is 0 Å². The zero-order chi connectivity index (χ0) is 38.0. The lowest BCUT2D eigenvalue weighted by Gasteiger charge is -2.37. The van der Waals surface area contributed by atoms with Crippen molar-refractivity contribution in [1.29, 1.82) is 0 Å². The van der Waals surface area contributed by atoms with Crippen LogP contribution in [0.1, 0.15) is 128 Å². The van der Waals surface area contributed by atoms with Crippen molar-refractivity contribution in [2.75, 3.05) is 26.7 Å². The molecule has 2 atom stereocenters. The third-order valence-corrected chi connectivity index (χ3v) is 14.7. The number of benzene rings is 2. The number of nitrogens with zero attached hydrogens (tertiary/aromatic N) is 4. The first-order valence-electron chi connectivity index (χ1n) is 20.3. The molecular weight excluding hydrogens is 713 g/mol. The number of carbonyl (C=O) groups excluding carboxylic acids is 2. The molecule has 2 saturated heterocycles. The van der Waals surface area contributed by atoms with E-state index in [1.54, 1.807) is 27.0 Å². The molecule has 4 fully saturated rings. The van der Waals surface area contributed by atoms with Crippen LogP contribution in [0.4, 0.5) is 0 Å². The third-order valence-electron chi connectivity index (χ3n) is 13.0. The minimum absolute atomic E-state index is 0.112. The van der Waals surface area contributed by atoms with Gasteiger partial charge in [0.15, 0.2) is 5.78 Å². The van der Waals surface area contributed by atoms with Gasteiger partial charge in [0.1, 0.15) is 5.75 Å². The number of hydrogen-bond acceptors (Lipinski definition) is 8. The van der Waals surface area contributed by atoms with E-state index in [4.69, 9.17) is 9.84 Å². The van der Waals surface area contributed by atoms with Gasteiger partial charge in [0.25, 0.3) is 5.91 Å². The van der Waals surface area contributed by atoms with Crippen LogP contribution in [0, 0.1) is 0 Å². The molecule has 2 saturated carbocycles. The van der Waals surface area contributed by atoms with Crippen molar-refractivity contribution in [1.82, 2.24) is 29.3 Å². The molecule has 2 aliphatic carbocycles. The van der Waals surface area contributed by atoms with Crippen LogP contribution in [-0.2, 0) is 16.6 Å². The van der Waals surface area contributed by atoms with E-state index in [-0.39, 0.29) is 23.4 Å². The highest BCUT2D eigenvalue weighted by atomic mass is 32.2. The quantitative estimate of drug-likeness (QED) is 0.176. The summed E-state index contributed by atoms with van der Waals surface area (Å²) in [5.74, 6) is 0.550. The Morgan fingerprint density at radius 3 is 2.47 bits per heavy atom. The Bertz CT molecular complexity index is 2310. The van der Waals surface area contributed by atoms with Gasteiger partial charge in [-0.2, -0.15) is 5.10 Å². The van der Waals surface area contributed by atoms with Gasteiger partial charge in [0.2, 0.25) is 10.0 Å². The van der Waals surface area contributed by atoms with Gasteiger partial charge in [-0.25, -0.2) is 13.1 Å². The smallest absolute Gasteiger partial charge is 0.264 e. The lowest BCUT2D eigenvalue weighted by atomic mass is 9.81. The Morgan fingerprint density at radius 1 is 0.927 bits per heavy atom. The number of amides is 1. The van der Waals surface area contributed by atoms with Gasteiger partial charge in [-0.1, -0.05) is 25.3 Å². The molecule has 290 valence electrons. The monoisotopic (exact) mass is 764 g/mol. The van der Waals surface area contributed by atoms with Crippen molar-refractivity contribution < 1.29 is 22.7 Å². The lowest BCUT2D eigenvalue weighted by molar-refractivity contribution is 0.0732. The predicted molar refractivity (Wildman–Crippen MR) is 215 cm³/mol. The van der Waals surface area contributed by atoms with Crippen molar-refractivity contribution in [3.63, 3.8) is 0 Å². The molecule has 55 heavy (non-hydrogen) atoms. The second-order valence-electron chi connectivity index (χ2n) is 16.6. The molecule has 1 amide bonds. The Morgan fingerprint density at radius 2 is 1.73 bits per heavy atom. The number of aromatic nitrogens is 3. The Labute approximate surface area is 323 Å². The average Bonchev–Trinajstić information content (AvgIpc) is 3.87. The van der Waals surface area contributed by atoms with Crippen LogP contribution in [0.15, 0.2) is 42.6 Å². The predicted octanol–water partition coefficient (Wildman–Crippen LogP) is 6.93. The second kappa shape index (κ2) is 14.4. The highest BCUT2D eigenvalue weighted by Gasteiger charge is 2.41. The molecule has 4 aromatic rings.